The average Bonchev–Trinajstić information content (AvgIpc) is 2.35. The molecule has 72 valence electrons. The molecule has 1 N–H and O–H groups in total. The van der Waals surface area contributed by atoms with Crippen molar-refractivity contribution in [3.05, 3.63) is 0 Å². The zero-order valence-electron chi connectivity index (χ0n) is 7.10. The SMILES string of the molecule is CC(C)S(=O)(=O)N1C[C@H](O)CO1. The van der Waals surface area contributed by atoms with Crippen LogP contribution in [0.3, 0.4) is 0 Å². The van der Waals surface area contributed by atoms with Crippen LogP contribution in [-0.4, -0.2) is 42.5 Å². The molecule has 12 heavy (non-hydrogen) atoms. The first-order valence-corrected chi connectivity index (χ1v) is 5.27. The summed E-state index contributed by atoms with van der Waals surface area (Å²) in [7, 11) is -3.36. The van der Waals surface area contributed by atoms with Crippen LogP contribution in [0.25, 0.3) is 0 Å². The molecule has 1 aliphatic heterocycles. The summed E-state index contributed by atoms with van der Waals surface area (Å²) in [6.45, 7) is 3.25. The second-order valence-corrected chi connectivity index (χ2v) is 5.41. The van der Waals surface area contributed by atoms with Crippen LogP contribution in [-0.2, 0) is 14.9 Å². The van der Waals surface area contributed by atoms with Gasteiger partial charge in [-0.3, -0.25) is 4.84 Å². The Hall–Kier alpha value is -0.170. The van der Waals surface area contributed by atoms with Gasteiger partial charge in [0.05, 0.1) is 24.5 Å². The number of hydrogen-bond acceptors (Lipinski definition) is 4. The first kappa shape index (κ1) is 9.91. The highest BCUT2D eigenvalue weighted by Gasteiger charge is 2.33. The molecule has 0 unspecified atom stereocenters. The van der Waals surface area contributed by atoms with Crippen molar-refractivity contribution in [2.75, 3.05) is 13.2 Å². The lowest BCUT2D eigenvalue weighted by Crippen LogP contribution is -2.34. The molecule has 6 heteroatoms. The van der Waals surface area contributed by atoms with Gasteiger partial charge in [-0.1, -0.05) is 4.47 Å². The zero-order chi connectivity index (χ0) is 9.35. The summed E-state index contributed by atoms with van der Waals surface area (Å²) in [4.78, 5) is 4.79. The molecule has 1 atom stereocenters. The van der Waals surface area contributed by atoms with Gasteiger partial charge in [-0.25, -0.2) is 8.42 Å². The van der Waals surface area contributed by atoms with Gasteiger partial charge < -0.3 is 5.11 Å². The maximum absolute atomic E-state index is 11.4. The van der Waals surface area contributed by atoms with Gasteiger partial charge >= 0.3 is 0 Å². The average molecular weight is 195 g/mol. The predicted molar refractivity (Wildman–Crippen MR) is 42.7 cm³/mol. The number of rotatable bonds is 2. The molecule has 5 nitrogen and oxygen atoms in total. The van der Waals surface area contributed by atoms with Gasteiger partial charge in [-0.05, 0) is 13.8 Å². The third kappa shape index (κ3) is 1.77. The molecule has 0 aromatic carbocycles. The summed E-state index contributed by atoms with van der Waals surface area (Å²) >= 11 is 0. The van der Waals surface area contributed by atoms with E-state index >= 15 is 0 Å². The number of β-amino-alcohol motifs (C(OH)–C–C–N with tert-alkyl or cyclic N) is 1. The Morgan fingerprint density at radius 3 is 2.50 bits per heavy atom. The molecular weight excluding hydrogens is 182 g/mol. The second-order valence-electron chi connectivity index (χ2n) is 3.03. The van der Waals surface area contributed by atoms with Gasteiger partial charge in [0.25, 0.3) is 0 Å². The van der Waals surface area contributed by atoms with Gasteiger partial charge in [-0.2, -0.15) is 0 Å². The van der Waals surface area contributed by atoms with Crippen LogP contribution >= 0.6 is 0 Å². The fourth-order valence-corrected chi connectivity index (χ4v) is 1.92. The van der Waals surface area contributed by atoms with Crippen molar-refractivity contribution in [2.45, 2.75) is 25.2 Å². The van der Waals surface area contributed by atoms with E-state index in [9.17, 15) is 8.42 Å². The molecule has 0 spiro atoms. The van der Waals surface area contributed by atoms with Gasteiger partial charge in [0.2, 0.25) is 10.0 Å². The van der Waals surface area contributed by atoms with E-state index in [0.717, 1.165) is 4.47 Å². The third-order valence-electron chi connectivity index (χ3n) is 1.65. The minimum Gasteiger partial charge on any atom is -0.389 e. The highest BCUT2D eigenvalue weighted by Crippen LogP contribution is 2.14. The number of aliphatic hydroxyl groups is 1. The van der Waals surface area contributed by atoms with Crippen molar-refractivity contribution in [2.24, 2.45) is 0 Å². The molecule has 1 fully saturated rings. The van der Waals surface area contributed by atoms with Crippen LogP contribution < -0.4 is 0 Å². The standard InChI is InChI=1S/C6H13NO4S/c1-5(2)12(9,10)7-3-6(8)4-11-7/h5-6,8H,3-4H2,1-2H3/t6-/m0/s1. The lowest BCUT2D eigenvalue weighted by Gasteiger charge is -2.16. The molecule has 0 bridgehead atoms. The first-order valence-electron chi connectivity index (χ1n) is 3.77. The largest absolute Gasteiger partial charge is 0.389 e. The Morgan fingerprint density at radius 1 is 1.58 bits per heavy atom. The second kappa shape index (κ2) is 3.29. The Balaban J connectivity index is 2.71. The number of nitrogens with zero attached hydrogens (tertiary/aromatic N) is 1. The summed E-state index contributed by atoms with van der Waals surface area (Å²) in [5.41, 5.74) is 0. The number of sulfonamides is 1. The van der Waals surface area contributed by atoms with E-state index in [1.165, 1.54) is 0 Å². The Labute approximate surface area is 71.9 Å². The molecule has 0 aromatic rings. The van der Waals surface area contributed by atoms with Gasteiger partial charge in [0.15, 0.2) is 0 Å². The Bertz CT molecular complexity index is 248. The van der Waals surface area contributed by atoms with Gasteiger partial charge in [0, 0.05) is 0 Å². The molecule has 0 aromatic heterocycles. The highest BCUT2D eigenvalue weighted by molar-refractivity contribution is 7.89. The van der Waals surface area contributed by atoms with Crippen LogP contribution in [0.1, 0.15) is 13.8 Å². The van der Waals surface area contributed by atoms with Crippen molar-refractivity contribution in [1.29, 1.82) is 0 Å². The van der Waals surface area contributed by atoms with Gasteiger partial charge in [-0.15, -0.1) is 0 Å². The van der Waals surface area contributed by atoms with Gasteiger partial charge in [0.1, 0.15) is 0 Å². The maximum atomic E-state index is 11.4. The van der Waals surface area contributed by atoms with E-state index in [2.05, 4.69) is 0 Å². The topological polar surface area (TPSA) is 66.8 Å². The maximum Gasteiger partial charge on any atom is 0.238 e. The van der Waals surface area contributed by atoms with E-state index in [-0.39, 0.29) is 13.2 Å². The molecule has 0 radical (unpaired) electrons. The lowest BCUT2D eigenvalue weighted by molar-refractivity contribution is -0.0322. The smallest absolute Gasteiger partial charge is 0.238 e. The van der Waals surface area contributed by atoms with E-state index < -0.39 is 21.4 Å². The fourth-order valence-electron chi connectivity index (χ4n) is 0.859. The third-order valence-corrected chi connectivity index (χ3v) is 3.66. The lowest BCUT2D eigenvalue weighted by atomic mass is 10.4. The minimum absolute atomic E-state index is 0.0422. The molecular formula is C6H13NO4S. The minimum atomic E-state index is -3.36. The Morgan fingerprint density at radius 2 is 2.17 bits per heavy atom. The van der Waals surface area contributed by atoms with Crippen molar-refractivity contribution in [3.8, 4) is 0 Å². The van der Waals surface area contributed by atoms with E-state index in [1.54, 1.807) is 13.8 Å². The summed E-state index contributed by atoms with van der Waals surface area (Å²) in [6, 6.07) is 0. The van der Waals surface area contributed by atoms with Crippen molar-refractivity contribution < 1.29 is 18.4 Å². The van der Waals surface area contributed by atoms with Crippen molar-refractivity contribution in [3.63, 3.8) is 0 Å². The first-order chi connectivity index (χ1) is 5.44. The monoisotopic (exact) mass is 195 g/mol. The highest BCUT2D eigenvalue weighted by atomic mass is 32.2. The van der Waals surface area contributed by atoms with Crippen LogP contribution in [0, 0.1) is 0 Å². The van der Waals surface area contributed by atoms with Crippen LogP contribution in [0.5, 0.6) is 0 Å². The Kier molecular flexibility index (Phi) is 2.72. The quantitative estimate of drug-likeness (QED) is 0.634. The van der Waals surface area contributed by atoms with Crippen molar-refractivity contribution >= 4 is 10.0 Å². The van der Waals surface area contributed by atoms with Crippen LogP contribution in [0.15, 0.2) is 0 Å². The van der Waals surface area contributed by atoms with Crippen LogP contribution in [0.2, 0.25) is 0 Å². The summed E-state index contributed by atoms with van der Waals surface area (Å²) in [5, 5.41) is 8.50. The van der Waals surface area contributed by atoms with E-state index in [1.807, 2.05) is 0 Å². The molecule has 1 aliphatic rings. The molecule has 0 saturated carbocycles. The normalized spacial score (nSPS) is 26.8. The van der Waals surface area contributed by atoms with Crippen LogP contribution in [0.4, 0.5) is 0 Å². The van der Waals surface area contributed by atoms with E-state index in [0.29, 0.717) is 0 Å². The summed E-state index contributed by atoms with van der Waals surface area (Å²) in [6.07, 6.45) is -0.696. The van der Waals surface area contributed by atoms with E-state index in [4.69, 9.17) is 9.94 Å². The number of hydrogen-bond donors (Lipinski definition) is 1. The number of hydroxylamine groups is 1. The fraction of sp³-hybridized carbons (Fsp3) is 1.00. The molecule has 1 rings (SSSR count). The zero-order valence-corrected chi connectivity index (χ0v) is 7.91. The molecule has 1 heterocycles. The summed E-state index contributed by atoms with van der Waals surface area (Å²) < 4.78 is 23.6. The molecule has 1 saturated heterocycles. The molecule has 0 amide bonds. The number of aliphatic hydroxyl groups excluding tert-OH is 1. The summed E-state index contributed by atoms with van der Waals surface area (Å²) in [5.74, 6) is 0. The van der Waals surface area contributed by atoms with Crippen molar-refractivity contribution in [1.82, 2.24) is 4.47 Å². The molecule has 0 aliphatic carbocycles. The predicted octanol–water partition coefficient (Wildman–Crippen LogP) is -0.667.